The summed E-state index contributed by atoms with van der Waals surface area (Å²) in [6, 6.07) is 0. The number of aliphatic hydroxyl groups is 1. The lowest BCUT2D eigenvalue weighted by Crippen LogP contribution is -2.32. The van der Waals surface area contributed by atoms with Gasteiger partial charge in [0, 0.05) is 12.3 Å². The van der Waals surface area contributed by atoms with Crippen molar-refractivity contribution in [3.8, 4) is 0 Å². The third kappa shape index (κ3) is 6.23. The molecule has 1 N–H and O–H groups in total. The van der Waals surface area contributed by atoms with E-state index in [1.165, 1.54) is 0 Å². The SMILES string of the molecule is CCCN1CCCC(O)(CCCS(=O)(=O)CC)CC1. The summed E-state index contributed by atoms with van der Waals surface area (Å²) in [6.07, 6.45) is 4.94. The van der Waals surface area contributed by atoms with Gasteiger partial charge in [0.25, 0.3) is 0 Å². The normalized spacial score (nSPS) is 26.3. The van der Waals surface area contributed by atoms with Crippen molar-refractivity contribution >= 4 is 9.84 Å². The van der Waals surface area contributed by atoms with Gasteiger partial charge in [-0.25, -0.2) is 8.42 Å². The van der Waals surface area contributed by atoms with Crippen molar-refractivity contribution in [1.82, 2.24) is 4.90 Å². The molecule has 5 heteroatoms. The Bertz CT molecular complexity index is 356. The first-order chi connectivity index (χ1) is 8.91. The molecular formula is C14H29NO3S. The van der Waals surface area contributed by atoms with Gasteiger partial charge in [-0.05, 0) is 51.6 Å². The highest BCUT2D eigenvalue weighted by atomic mass is 32.2. The zero-order valence-electron chi connectivity index (χ0n) is 12.4. The Balaban J connectivity index is 2.39. The molecule has 4 nitrogen and oxygen atoms in total. The molecular weight excluding hydrogens is 262 g/mol. The quantitative estimate of drug-likeness (QED) is 0.777. The summed E-state index contributed by atoms with van der Waals surface area (Å²) in [5, 5.41) is 10.6. The van der Waals surface area contributed by atoms with Crippen LogP contribution in [0.3, 0.4) is 0 Å². The van der Waals surface area contributed by atoms with Crippen LogP contribution in [0.15, 0.2) is 0 Å². The number of nitrogens with zero attached hydrogens (tertiary/aromatic N) is 1. The van der Waals surface area contributed by atoms with Crippen LogP contribution < -0.4 is 0 Å². The van der Waals surface area contributed by atoms with Gasteiger partial charge in [0.2, 0.25) is 0 Å². The molecule has 1 aliphatic heterocycles. The molecule has 1 aliphatic rings. The first-order valence-corrected chi connectivity index (χ1v) is 9.38. The molecule has 0 aromatic heterocycles. The first kappa shape index (κ1) is 16.9. The van der Waals surface area contributed by atoms with Crippen LogP contribution in [0.5, 0.6) is 0 Å². The maximum absolute atomic E-state index is 11.5. The molecule has 1 fully saturated rings. The summed E-state index contributed by atoms with van der Waals surface area (Å²) >= 11 is 0. The zero-order chi connectivity index (χ0) is 14.4. The molecule has 0 aromatic rings. The van der Waals surface area contributed by atoms with E-state index in [0.717, 1.165) is 45.3 Å². The predicted octanol–water partition coefficient (Wildman–Crippen LogP) is 1.83. The highest BCUT2D eigenvalue weighted by Crippen LogP contribution is 2.27. The van der Waals surface area contributed by atoms with Crippen LogP contribution in [0.4, 0.5) is 0 Å². The molecule has 0 aromatic carbocycles. The Hall–Kier alpha value is -0.130. The van der Waals surface area contributed by atoms with E-state index in [2.05, 4.69) is 11.8 Å². The highest BCUT2D eigenvalue weighted by molar-refractivity contribution is 7.91. The van der Waals surface area contributed by atoms with Gasteiger partial charge in [-0.1, -0.05) is 13.8 Å². The molecule has 19 heavy (non-hydrogen) atoms. The van der Waals surface area contributed by atoms with E-state index in [4.69, 9.17) is 0 Å². The number of hydrogen-bond donors (Lipinski definition) is 1. The van der Waals surface area contributed by atoms with Crippen molar-refractivity contribution in [3.63, 3.8) is 0 Å². The molecule has 1 unspecified atom stereocenters. The summed E-state index contributed by atoms with van der Waals surface area (Å²) in [7, 11) is -2.90. The van der Waals surface area contributed by atoms with E-state index in [9.17, 15) is 13.5 Å². The van der Waals surface area contributed by atoms with Crippen LogP contribution in [-0.4, -0.2) is 55.2 Å². The molecule has 0 aliphatic carbocycles. The third-order valence-electron chi connectivity index (χ3n) is 4.09. The van der Waals surface area contributed by atoms with E-state index in [0.29, 0.717) is 12.8 Å². The second kappa shape index (κ2) is 7.60. The third-order valence-corrected chi connectivity index (χ3v) is 5.88. The Morgan fingerprint density at radius 2 is 1.95 bits per heavy atom. The average molecular weight is 291 g/mol. The van der Waals surface area contributed by atoms with E-state index in [1.54, 1.807) is 6.92 Å². The monoisotopic (exact) mass is 291 g/mol. The molecule has 1 heterocycles. The number of likely N-dealkylation sites (tertiary alicyclic amines) is 1. The van der Waals surface area contributed by atoms with Crippen LogP contribution in [-0.2, 0) is 9.84 Å². The Morgan fingerprint density at radius 3 is 2.58 bits per heavy atom. The second-order valence-corrected chi connectivity index (χ2v) is 8.23. The molecule has 0 spiro atoms. The smallest absolute Gasteiger partial charge is 0.150 e. The highest BCUT2D eigenvalue weighted by Gasteiger charge is 2.29. The summed E-state index contributed by atoms with van der Waals surface area (Å²) in [4.78, 5) is 2.40. The molecule has 0 bridgehead atoms. The molecule has 0 saturated carbocycles. The van der Waals surface area contributed by atoms with Gasteiger partial charge in [0.15, 0.2) is 0 Å². The van der Waals surface area contributed by atoms with Crippen LogP contribution in [0.25, 0.3) is 0 Å². The lowest BCUT2D eigenvalue weighted by atomic mass is 9.90. The van der Waals surface area contributed by atoms with Crippen molar-refractivity contribution in [2.24, 2.45) is 0 Å². The van der Waals surface area contributed by atoms with Crippen molar-refractivity contribution in [2.75, 3.05) is 31.1 Å². The Labute approximate surface area is 118 Å². The maximum Gasteiger partial charge on any atom is 0.150 e. The summed E-state index contributed by atoms with van der Waals surface area (Å²) in [5.74, 6) is 0.417. The topological polar surface area (TPSA) is 57.6 Å². The molecule has 1 saturated heterocycles. The van der Waals surface area contributed by atoms with Crippen LogP contribution in [0.2, 0.25) is 0 Å². The van der Waals surface area contributed by atoms with E-state index < -0.39 is 15.4 Å². The molecule has 0 radical (unpaired) electrons. The van der Waals surface area contributed by atoms with Gasteiger partial charge in [-0.3, -0.25) is 0 Å². The van der Waals surface area contributed by atoms with Gasteiger partial charge >= 0.3 is 0 Å². The van der Waals surface area contributed by atoms with Crippen LogP contribution >= 0.6 is 0 Å². The van der Waals surface area contributed by atoms with Gasteiger partial charge in [-0.2, -0.15) is 0 Å². The number of sulfone groups is 1. The van der Waals surface area contributed by atoms with Crippen LogP contribution in [0, 0.1) is 0 Å². The standard InChI is InChI=1S/C14H29NO3S/c1-3-10-15-11-5-7-14(16,9-12-15)8-6-13-19(17,18)4-2/h16H,3-13H2,1-2H3. The second-order valence-electron chi connectivity index (χ2n) is 5.76. The van der Waals surface area contributed by atoms with Crippen molar-refractivity contribution in [2.45, 2.75) is 58.0 Å². The predicted molar refractivity (Wildman–Crippen MR) is 79.1 cm³/mol. The molecule has 1 rings (SSSR count). The first-order valence-electron chi connectivity index (χ1n) is 7.56. The summed E-state index contributed by atoms with van der Waals surface area (Å²) in [5.41, 5.74) is -0.647. The minimum Gasteiger partial charge on any atom is -0.390 e. The fourth-order valence-electron chi connectivity index (χ4n) is 2.79. The number of hydrogen-bond acceptors (Lipinski definition) is 4. The molecule has 1 atom stereocenters. The molecule has 114 valence electrons. The average Bonchev–Trinajstić information content (AvgIpc) is 2.53. The van der Waals surface area contributed by atoms with Crippen LogP contribution in [0.1, 0.15) is 52.4 Å². The van der Waals surface area contributed by atoms with Crippen molar-refractivity contribution in [3.05, 3.63) is 0 Å². The van der Waals surface area contributed by atoms with E-state index in [-0.39, 0.29) is 11.5 Å². The summed E-state index contributed by atoms with van der Waals surface area (Å²) in [6.45, 7) is 6.94. The lowest BCUT2D eigenvalue weighted by molar-refractivity contribution is 0.0165. The Morgan fingerprint density at radius 1 is 1.21 bits per heavy atom. The van der Waals surface area contributed by atoms with Gasteiger partial charge in [-0.15, -0.1) is 0 Å². The van der Waals surface area contributed by atoms with E-state index >= 15 is 0 Å². The number of rotatable bonds is 7. The lowest BCUT2D eigenvalue weighted by Gasteiger charge is -2.27. The zero-order valence-corrected chi connectivity index (χ0v) is 13.2. The Kier molecular flexibility index (Phi) is 6.77. The fourth-order valence-corrected chi connectivity index (χ4v) is 3.66. The fraction of sp³-hybridized carbons (Fsp3) is 1.00. The van der Waals surface area contributed by atoms with Gasteiger partial charge < -0.3 is 10.0 Å². The van der Waals surface area contributed by atoms with Crippen molar-refractivity contribution in [1.29, 1.82) is 0 Å². The molecule has 0 amide bonds. The summed E-state index contributed by atoms with van der Waals surface area (Å²) < 4.78 is 22.9. The van der Waals surface area contributed by atoms with E-state index in [1.807, 2.05) is 0 Å². The van der Waals surface area contributed by atoms with Gasteiger partial charge in [0.1, 0.15) is 9.84 Å². The largest absolute Gasteiger partial charge is 0.390 e. The van der Waals surface area contributed by atoms with Gasteiger partial charge in [0.05, 0.1) is 11.4 Å². The minimum absolute atomic E-state index is 0.204. The maximum atomic E-state index is 11.5. The van der Waals surface area contributed by atoms with Crippen molar-refractivity contribution < 1.29 is 13.5 Å². The minimum atomic E-state index is -2.90.